The zero-order chi connectivity index (χ0) is 16.9. The second kappa shape index (κ2) is 8.09. The number of nitrogens with zero attached hydrogens (tertiary/aromatic N) is 4. The number of hydrogen-bond acceptors (Lipinski definition) is 5. The summed E-state index contributed by atoms with van der Waals surface area (Å²) in [5, 5.41) is 13.4. The Bertz CT molecular complexity index is 540. The Labute approximate surface area is 143 Å². The molecule has 3 heterocycles. The second-order valence-electron chi connectivity index (χ2n) is 6.77. The Balaban J connectivity index is 1.48. The van der Waals surface area contributed by atoms with Crippen molar-refractivity contribution in [2.75, 3.05) is 45.9 Å². The van der Waals surface area contributed by atoms with E-state index in [1.165, 1.54) is 5.69 Å². The Morgan fingerprint density at radius 2 is 2.17 bits per heavy atom. The van der Waals surface area contributed by atoms with Crippen LogP contribution in [0.4, 0.5) is 0 Å². The van der Waals surface area contributed by atoms with Crippen LogP contribution < -0.4 is 0 Å². The van der Waals surface area contributed by atoms with Crippen molar-refractivity contribution in [1.29, 1.82) is 0 Å². The highest BCUT2D eigenvalue weighted by molar-refractivity contribution is 5.78. The zero-order valence-electron chi connectivity index (χ0n) is 14.4. The van der Waals surface area contributed by atoms with Gasteiger partial charge in [0.05, 0.1) is 32.4 Å². The molecule has 7 heteroatoms. The maximum atomic E-state index is 12.4. The average Bonchev–Trinajstić information content (AvgIpc) is 3.04. The summed E-state index contributed by atoms with van der Waals surface area (Å²) in [4.78, 5) is 16.6. The van der Waals surface area contributed by atoms with E-state index in [1.54, 1.807) is 6.20 Å². The van der Waals surface area contributed by atoms with Crippen LogP contribution in [0, 0.1) is 0 Å². The van der Waals surface area contributed by atoms with Crippen LogP contribution in [0.25, 0.3) is 0 Å². The molecule has 0 bridgehead atoms. The molecule has 1 aromatic rings. The summed E-state index contributed by atoms with van der Waals surface area (Å²) in [5.74, 6) is 0.683. The molecule has 2 aliphatic heterocycles. The van der Waals surface area contributed by atoms with Gasteiger partial charge in [0.25, 0.3) is 0 Å². The van der Waals surface area contributed by atoms with E-state index in [9.17, 15) is 4.79 Å². The van der Waals surface area contributed by atoms with Crippen LogP contribution in [0.15, 0.2) is 12.3 Å². The van der Waals surface area contributed by atoms with Gasteiger partial charge in [0.1, 0.15) is 0 Å². The number of carbonyl (C=O) groups excluding carboxylic acids is 1. The number of likely N-dealkylation sites (tertiary alicyclic amines) is 1. The Morgan fingerprint density at radius 1 is 1.38 bits per heavy atom. The van der Waals surface area contributed by atoms with Crippen LogP contribution in [0.2, 0.25) is 0 Å². The van der Waals surface area contributed by atoms with Crippen LogP contribution in [0.5, 0.6) is 0 Å². The van der Waals surface area contributed by atoms with Gasteiger partial charge in [-0.15, -0.1) is 0 Å². The highest BCUT2D eigenvalue weighted by atomic mass is 16.5. The van der Waals surface area contributed by atoms with E-state index < -0.39 is 0 Å². The molecule has 3 rings (SSSR count). The van der Waals surface area contributed by atoms with Gasteiger partial charge >= 0.3 is 0 Å². The van der Waals surface area contributed by atoms with Gasteiger partial charge in [-0.25, -0.2) is 0 Å². The maximum absolute atomic E-state index is 12.4. The van der Waals surface area contributed by atoms with Gasteiger partial charge in [-0.2, -0.15) is 5.10 Å². The summed E-state index contributed by atoms with van der Waals surface area (Å²) >= 11 is 0. The number of aromatic nitrogens is 2. The van der Waals surface area contributed by atoms with E-state index in [-0.39, 0.29) is 18.6 Å². The molecule has 0 saturated carbocycles. The standard InChI is InChI=1S/C17H28N4O3/c1-14-12-20(9-11-24-14)17(23)13-19-6-3-15(4-7-19)16-2-5-18-21(16)8-10-22/h2,5,14-15,22H,3-4,6-13H2,1H3. The fraction of sp³-hybridized carbons (Fsp3) is 0.765. The van der Waals surface area contributed by atoms with Crippen LogP contribution in [0.1, 0.15) is 31.4 Å². The first-order valence-electron chi connectivity index (χ1n) is 8.91. The van der Waals surface area contributed by atoms with Crippen molar-refractivity contribution in [3.63, 3.8) is 0 Å². The van der Waals surface area contributed by atoms with Gasteiger partial charge in [-0.3, -0.25) is 14.4 Å². The molecule has 1 N–H and O–H groups in total. The lowest BCUT2D eigenvalue weighted by atomic mass is 9.93. The number of carbonyl (C=O) groups is 1. The van der Waals surface area contributed by atoms with Gasteiger partial charge in [0.2, 0.25) is 5.91 Å². The number of amides is 1. The normalized spacial score (nSPS) is 23.6. The van der Waals surface area contributed by atoms with Crippen molar-refractivity contribution in [2.45, 2.75) is 38.3 Å². The first-order valence-corrected chi connectivity index (χ1v) is 8.91. The molecular weight excluding hydrogens is 308 g/mol. The molecule has 7 nitrogen and oxygen atoms in total. The number of aliphatic hydroxyl groups is 1. The maximum Gasteiger partial charge on any atom is 0.236 e. The Hall–Kier alpha value is -1.44. The monoisotopic (exact) mass is 336 g/mol. The van der Waals surface area contributed by atoms with E-state index >= 15 is 0 Å². The molecule has 1 unspecified atom stereocenters. The molecule has 0 aromatic carbocycles. The van der Waals surface area contributed by atoms with Crippen LogP contribution in [-0.4, -0.2) is 82.6 Å². The highest BCUT2D eigenvalue weighted by Gasteiger charge is 2.27. The van der Waals surface area contributed by atoms with Gasteiger partial charge in [0.15, 0.2) is 0 Å². The van der Waals surface area contributed by atoms with Crippen molar-refractivity contribution in [3.05, 3.63) is 18.0 Å². The van der Waals surface area contributed by atoms with Crippen LogP contribution in [-0.2, 0) is 16.1 Å². The predicted molar refractivity (Wildman–Crippen MR) is 89.7 cm³/mol. The Kier molecular flexibility index (Phi) is 5.86. The minimum atomic E-state index is 0.111. The molecule has 1 aromatic heterocycles. The van der Waals surface area contributed by atoms with Crippen LogP contribution in [0.3, 0.4) is 0 Å². The van der Waals surface area contributed by atoms with Crippen molar-refractivity contribution in [3.8, 4) is 0 Å². The molecular formula is C17H28N4O3. The summed E-state index contributed by atoms with van der Waals surface area (Å²) in [6.07, 6.45) is 4.01. The summed E-state index contributed by atoms with van der Waals surface area (Å²) in [7, 11) is 0. The second-order valence-corrected chi connectivity index (χ2v) is 6.77. The van der Waals surface area contributed by atoms with Crippen molar-refractivity contribution in [1.82, 2.24) is 19.6 Å². The molecule has 2 aliphatic rings. The Morgan fingerprint density at radius 3 is 2.88 bits per heavy atom. The lowest BCUT2D eigenvalue weighted by Crippen LogP contribution is -2.49. The third kappa shape index (κ3) is 4.15. The summed E-state index contributed by atoms with van der Waals surface area (Å²) < 4.78 is 7.40. The number of morpholine rings is 1. The molecule has 2 fully saturated rings. The molecule has 134 valence electrons. The minimum absolute atomic E-state index is 0.111. The highest BCUT2D eigenvalue weighted by Crippen LogP contribution is 2.27. The van der Waals surface area contributed by atoms with Gasteiger partial charge in [-0.1, -0.05) is 0 Å². The average molecular weight is 336 g/mol. The topological polar surface area (TPSA) is 70.8 Å². The zero-order valence-corrected chi connectivity index (χ0v) is 14.4. The van der Waals surface area contributed by atoms with Crippen molar-refractivity contribution >= 4 is 5.91 Å². The lowest BCUT2D eigenvalue weighted by Gasteiger charge is -2.35. The van der Waals surface area contributed by atoms with E-state index in [4.69, 9.17) is 9.84 Å². The van der Waals surface area contributed by atoms with Crippen LogP contribution >= 0.6 is 0 Å². The molecule has 24 heavy (non-hydrogen) atoms. The SMILES string of the molecule is CC1CN(C(=O)CN2CCC(c3ccnn3CCO)CC2)CCO1. The fourth-order valence-electron chi connectivity index (χ4n) is 3.69. The van der Waals surface area contributed by atoms with E-state index in [1.807, 2.05) is 16.5 Å². The van der Waals surface area contributed by atoms with E-state index in [2.05, 4.69) is 16.1 Å². The number of hydrogen-bond donors (Lipinski definition) is 1. The third-order valence-electron chi connectivity index (χ3n) is 5.02. The molecule has 1 amide bonds. The minimum Gasteiger partial charge on any atom is -0.394 e. The largest absolute Gasteiger partial charge is 0.394 e. The summed E-state index contributed by atoms with van der Waals surface area (Å²) in [6.45, 7) is 7.10. The quantitative estimate of drug-likeness (QED) is 0.838. The van der Waals surface area contributed by atoms with Gasteiger partial charge in [0, 0.05) is 30.9 Å². The lowest BCUT2D eigenvalue weighted by molar-refractivity contribution is -0.139. The van der Waals surface area contributed by atoms with Crippen molar-refractivity contribution in [2.24, 2.45) is 0 Å². The smallest absolute Gasteiger partial charge is 0.236 e. The fourth-order valence-corrected chi connectivity index (χ4v) is 3.69. The van der Waals surface area contributed by atoms with E-state index in [0.717, 1.165) is 25.9 Å². The van der Waals surface area contributed by atoms with Gasteiger partial charge in [-0.05, 0) is 38.9 Å². The van der Waals surface area contributed by atoms with Gasteiger partial charge < -0.3 is 14.7 Å². The predicted octanol–water partition coefficient (Wildman–Crippen LogP) is 0.302. The number of piperidine rings is 1. The summed E-state index contributed by atoms with van der Waals surface area (Å²) in [6, 6.07) is 2.05. The molecule has 2 saturated heterocycles. The molecule has 0 radical (unpaired) electrons. The first kappa shape index (κ1) is 17.4. The molecule has 0 spiro atoms. The number of ether oxygens (including phenoxy) is 1. The van der Waals surface area contributed by atoms with E-state index in [0.29, 0.717) is 38.7 Å². The summed E-state index contributed by atoms with van der Waals surface area (Å²) in [5.41, 5.74) is 1.21. The molecule has 0 aliphatic carbocycles. The third-order valence-corrected chi connectivity index (χ3v) is 5.02. The van der Waals surface area contributed by atoms with Crippen molar-refractivity contribution < 1.29 is 14.6 Å². The first-order chi connectivity index (χ1) is 11.7. The number of aliphatic hydroxyl groups excluding tert-OH is 1. The molecule has 1 atom stereocenters. The number of rotatable bonds is 5.